The number of esters is 1. The van der Waals surface area contributed by atoms with Gasteiger partial charge in [-0.25, -0.2) is 4.79 Å². The molecule has 0 radical (unpaired) electrons. The van der Waals surface area contributed by atoms with Crippen molar-refractivity contribution in [2.24, 2.45) is 0 Å². The quantitative estimate of drug-likeness (QED) is 0.795. The van der Waals surface area contributed by atoms with Gasteiger partial charge in [-0.2, -0.15) is 0 Å². The molecule has 0 aliphatic heterocycles. The molecule has 0 fully saturated rings. The van der Waals surface area contributed by atoms with Gasteiger partial charge in [0.15, 0.2) is 0 Å². The van der Waals surface area contributed by atoms with Crippen LogP contribution in [0.25, 0.3) is 11.3 Å². The van der Waals surface area contributed by atoms with E-state index in [2.05, 4.69) is 14.5 Å². The van der Waals surface area contributed by atoms with Crippen LogP contribution in [-0.4, -0.2) is 24.4 Å². The summed E-state index contributed by atoms with van der Waals surface area (Å²) in [6.45, 7) is 0. The highest BCUT2D eigenvalue weighted by molar-refractivity contribution is 6.33. The number of rotatable bonds is 3. The van der Waals surface area contributed by atoms with Crippen molar-refractivity contribution >= 4 is 17.6 Å². The van der Waals surface area contributed by atoms with Gasteiger partial charge in [0.1, 0.15) is 5.75 Å². The second-order valence-corrected chi connectivity index (χ2v) is 4.53. The third-order valence-corrected chi connectivity index (χ3v) is 2.91. The van der Waals surface area contributed by atoms with Crippen LogP contribution >= 0.6 is 11.6 Å². The zero-order valence-corrected chi connectivity index (χ0v) is 11.9. The average Bonchev–Trinajstić information content (AvgIpc) is 2.46. The first-order valence-electron chi connectivity index (χ1n) is 5.90. The Kier molecular flexibility index (Phi) is 4.56. The maximum Gasteiger partial charge on any atom is 0.573 e. The first-order valence-corrected chi connectivity index (χ1v) is 6.28. The first-order chi connectivity index (χ1) is 10.3. The minimum absolute atomic E-state index is 0.174. The number of methoxy groups -OCH3 is 1. The highest BCUT2D eigenvalue weighted by atomic mass is 35.5. The van der Waals surface area contributed by atoms with Gasteiger partial charge >= 0.3 is 12.3 Å². The molecule has 0 unspecified atom stereocenters. The van der Waals surface area contributed by atoms with E-state index in [0.717, 1.165) is 12.1 Å². The monoisotopic (exact) mass is 331 g/mol. The van der Waals surface area contributed by atoms with Crippen molar-refractivity contribution in [2.75, 3.05) is 7.11 Å². The highest BCUT2D eigenvalue weighted by Gasteiger charge is 2.31. The van der Waals surface area contributed by atoms with E-state index in [1.807, 2.05) is 0 Å². The number of aromatic nitrogens is 1. The maximum absolute atomic E-state index is 12.1. The van der Waals surface area contributed by atoms with E-state index in [4.69, 9.17) is 11.6 Å². The van der Waals surface area contributed by atoms with Crippen molar-refractivity contribution in [3.05, 3.63) is 47.1 Å². The third-order valence-electron chi connectivity index (χ3n) is 2.62. The van der Waals surface area contributed by atoms with Gasteiger partial charge in [0.25, 0.3) is 0 Å². The molecule has 0 atom stereocenters. The van der Waals surface area contributed by atoms with Gasteiger partial charge < -0.3 is 9.47 Å². The molecule has 0 spiro atoms. The largest absolute Gasteiger partial charge is 0.573 e. The van der Waals surface area contributed by atoms with E-state index >= 15 is 0 Å². The standard InChI is InChI=1S/C14H9ClF3NO3/c1-21-13(20)9-6-11(15)12(19-7-9)8-2-4-10(5-3-8)22-14(16,17)18/h2-7H,1H3. The Bertz CT molecular complexity index is 687. The van der Waals surface area contributed by atoms with Crippen molar-refractivity contribution in [3.63, 3.8) is 0 Å². The number of benzene rings is 1. The number of alkyl halides is 3. The predicted molar refractivity (Wildman–Crippen MR) is 72.7 cm³/mol. The van der Waals surface area contributed by atoms with Crippen molar-refractivity contribution in [1.82, 2.24) is 4.98 Å². The minimum Gasteiger partial charge on any atom is -0.465 e. The molecular weight excluding hydrogens is 323 g/mol. The predicted octanol–water partition coefficient (Wildman–Crippen LogP) is 4.09. The lowest BCUT2D eigenvalue weighted by molar-refractivity contribution is -0.274. The summed E-state index contributed by atoms with van der Waals surface area (Å²) in [6.07, 6.45) is -3.48. The van der Waals surface area contributed by atoms with Crippen LogP contribution in [0.5, 0.6) is 5.75 Å². The molecule has 0 bridgehead atoms. The molecule has 0 amide bonds. The molecule has 4 nitrogen and oxygen atoms in total. The van der Waals surface area contributed by atoms with E-state index in [0.29, 0.717) is 11.3 Å². The molecule has 1 heterocycles. The Morgan fingerprint density at radius 1 is 1.23 bits per heavy atom. The second-order valence-electron chi connectivity index (χ2n) is 4.12. The van der Waals surface area contributed by atoms with E-state index in [-0.39, 0.29) is 16.3 Å². The summed E-state index contributed by atoms with van der Waals surface area (Å²) in [5.74, 6) is -0.937. The molecule has 0 aliphatic rings. The zero-order chi connectivity index (χ0) is 16.3. The lowest BCUT2D eigenvalue weighted by Gasteiger charge is -2.10. The van der Waals surface area contributed by atoms with E-state index in [1.165, 1.54) is 31.5 Å². The van der Waals surface area contributed by atoms with Gasteiger partial charge in [0.05, 0.1) is 23.4 Å². The fourth-order valence-corrected chi connectivity index (χ4v) is 1.97. The first kappa shape index (κ1) is 16.1. The molecule has 116 valence electrons. The van der Waals surface area contributed by atoms with Gasteiger partial charge in [0, 0.05) is 11.8 Å². The lowest BCUT2D eigenvalue weighted by Crippen LogP contribution is -2.16. The summed E-state index contributed by atoms with van der Waals surface area (Å²) in [7, 11) is 1.23. The Morgan fingerprint density at radius 3 is 2.36 bits per heavy atom. The van der Waals surface area contributed by atoms with Crippen LogP contribution in [0.2, 0.25) is 5.02 Å². The van der Waals surface area contributed by atoms with E-state index in [9.17, 15) is 18.0 Å². The van der Waals surface area contributed by atoms with Crippen LogP contribution in [0.15, 0.2) is 36.5 Å². The summed E-state index contributed by atoms with van der Waals surface area (Å²) in [5.41, 5.74) is 0.983. The van der Waals surface area contributed by atoms with Crippen molar-refractivity contribution in [2.45, 2.75) is 6.36 Å². The van der Waals surface area contributed by atoms with Crippen LogP contribution in [0.4, 0.5) is 13.2 Å². The molecule has 0 N–H and O–H groups in total. The fraction of sp³-hybridized carbons (Fsp3) is 0.143. The van der Waals surface area contributed by atoms with Crippen molar-refractivity contribution < 1.29 is 27.4 Å². The summed E-state index contributed by atoms with van der Waals surface area (Å²) in [5, 5.41) is 0.174. The minimum atomic E-state index is -4.75. The molecule has 2 rings (SSSR count). The molecule has 1 aromatic carbocycles. The average molecular weight is 332 g/mol. The number of carbonyl (C=O) groups is 1. The van der Waals surface area contributed by atoms with Gasteiger partial charge in [-0.3, -0.25) is 4.98 Å². The Hall–Kier alpha value is -2.28. The number of pyridine rings is 1. The number of halogens is 4. The molecule has 1 aromatic heterocycles. The number of hydrogen-bond acceptors (Lipinski definition) is 4. The van der Waals surface area contributed by atoms with Crippen LogP contribution in [-0.2, 0) is 4.74 Å². The van der Waals surface area contributed by atoms with Crippen LogP contribution in [0.1, 0.15) is 10.4 Å². The number of hydrogen-bond donors (Lipinski definition) is 0. The fourth-order valence-electron chi connectivity index (χ4n) is 1.69. The summed E-state index contributed by atoms with van der Waals surface area (Å²) in [4.78, 5) is 15.4. The molecule has 8 heteroatoms. The van der Waals surface area contributed by atoms with Crippen molar-refractivity contribution in [3.8, 4) is 17.0 Å². The SMILES string of the molecule is COC(=O)c1cnc(-c2ccc(OC(F)(F)F)cc2)c(Cl)c1. The second kappa shape index (κ2) is 6.23. The molecule has 22 heavy (non-hydrogen) atoms. The number of carbonyl (C=O) groups excluding carboxylic acids is 1. The molecule has 0 saturated heterocycles. The number of nitrogens with zero attached hydrogens (tertiary/aromatic N) is 1. The van der Waals surface area contributed by atoms with Gasteiger partial charge in [-0.05, 0) is 30.3 Å². The summed E-state index contributed by atoms with van der Waals surface area (Å²) < 4.78 is 44.6. The molecule has 0 aliphatic carbocycles. The molecule has 2 aromatic rings. The lowest BCUT2D eigenvalue weighted by atomic mass is 10.1. The van der Waals surface area contributed by atoms with Gasteiger partial charge in [-0.15, -0.1) is 13.2 Å². The zero-order valence-electron chi connectivity index (χ0n) is 11.1. The topological polar surface area (TPSA) is 48.4 Å². The van der Waals surface area contributed by atoms with Crippen LogP contribution < -0.4 is 4.74 Å². The van der Waals surface area contributed by atoms with Crippen LogP contribution in [0.3, 0.4) is 0 Å². The highest BCUT2D eigenvalue weighted by Crippen LogP contribution is 2.29. The molecular formula is C14H9ClF3NO3. The third kappa shape index (κ3) is 3.88. The van der Waals surface area contributed by atoms with E-state index < -0.39 is 12.3 Å². The van der Waals surface area contributed by atoms with Gasteiger partial charge in [-0.1, -0.05) is 11.6 Å². The van der Waals surface area contributed by atoms with Gasteiger partial charge in [0.2, 0.25) is 0 Å². The normalized spacial score (nSPS) is 11.1. The van der Waals surface area contributed by atoms with Crippen LogP contribution in [0, 0.1) is 0 Å². The number of ether oxygens (including phenoxy) is 2. The Labute approximate surface area is 128 Å². The summed E-state index contributed by atoms with van der Waals surface area (Å²) >= 11 is 6.03. The Morgan fingerprint density at radius 2 is 1.86 bits per heavy atom. The summed E-state index contributed by atoms with van der Waals surface area (Å²) in [6, 6.07) is 6.43. The Balaban J connectivity index is 2.27. The maximum atomic E-state index is 12.1. The van der Waals surface area contributed by atoms with E-state index in [1.54, 1.807) is 0 Å². The van der Waals surface area contributed by atoms with Crippen molar-refractivity contribution in [1.29, 1.82) is 0 Å². The molecule has 0 saturated carbocycles. The smallest absolute Gasteiger partial charge is 0.465 e.